The molecular weight excluding hydrogens is 254 g/mol. The lowest BCUT2D eigenvalue weighted by Crippen LogP contribution is -2.64. The van der Waals surface area contributed by atoms with E-state index in [0.717, 1.165) is 0 Å². The second kappa shape index (κ2) is 5.03. The van der Waals surface area contributed by atoms with Crippen LogP contribution in [0.15, 0.2) is 0 Å². The largest absolute Gasteiger partial charge is 0.383 e. The molecule has 0 spiro atoms. The first-order chi connectivity index (χ1) is 8.14. The molecule has 0 aromatic heterocycles. The third-order valence-electron chi connectivity index (χ3n) is 3.43. The van der Waals surface area contributed by atoms with E-state index < -0.39 is 29.7 Å². The summed E-state index contributed by atoms with van der Waals surface area (Å²) in [5.41, 5.74) is -0.538. The fourth-order valence-electron chi connectivity index (χ4n) is 1.97. The van der Waals surface area contributed by atoms with Crippen LogP contribution in [-0.4, -0.2) is 37.0 Å². The second-order valence-corrected chi connectivity index (χ2v) is 4.95. The highest BCUT2D eigenvalue weighted by Crippen LogP contribution is 2.43. The van der Waals surface area contributed by atoms with Crippen molar-refractivity contribution in [3.8, 4) is 0 Å². The van der Waals surface area contributed by atoms with Crippen LogP contribution in [0.25, 0.3) is 0 Å². The van der Waals surface area contributed by atoms with Crippen molar-refractivity contribution in [2.24, 2.45) is 5.41 Å². The van der Waals surface area contributed by atoms with Gasteiger partial charge in [-0.3, -0.25) is 4.79 Å². The van der Waals surface area contributed by atoms with Gasteiger partial charge in [0.2, 0.25) is 0 Å². The van der Waals surface area contributed by atoms with Gasteiger partial charge in [-0.05, 0) is 13.3 Å². The van der Waals surface area contributed by atoms with Crippen LogP contribution < -0.4 is 5.32 Å². The third kappa shape index (κ3) is 2.60. The number of ether oxygens (including phenoxy) is 1. The summed E-state index contributed by atoms with van der Waals surface area (Å²) in [4.78, 5) is 11.1. The van der Waals surface area contributed by atoms with E-state index in [-0.39, 0.29) is 6.10 Å². The van der Waals surface area contributed by atoms with Crippen LogP contribution in [0, 0.1) is 5.41 Å². The summed E-state index contributed by atoms with van der Waals surface area (Å²) in [6, 6.07) is -0.578. The van der Waals surface area contributed by atoms with Gasteiger partial charge >= 0.3 is 12.3 Å². The predicted molar refractivity (Wildman–Crippen MR) is 56.7 cm³/mol. The van der Waals surface area contributed by atoms with E-state index in [4.69, 9.17) is 4.74 Å². The summed E-state index contributed by atoms with van der Waals surface area (Å²) in [5, 5.41) is 1.97. The molecular formula is C11H17F4NO2. The minimum absolute atomic E-state index is 0.159. The van der Waals surface area contributed by atoms with E-state index >= 15 is 0 Å². The molecule has 3 nitrogen and oxygen atoms in total. The van der Waals surface area contributed by atoms with Gasteiger partial charge in [-0.2, -0.15) is 8.78 Å². The van der Waals surface area contributed by atoms with Gasteiger partial charge < -0.3 is 10.1 Å². The first-order valence-corrected chi connectivity index (χ1v) is 5.72. The van der Waals surface area contributed by atoms with E-state index in [1.807, 2.05) is 5.32 Å². The molecule has 0 heterocycles. The molecule has 7 heteroatoms. The molecule has 0 saturated heterocycles. The molecule has 1 saturated carbocycles. The minimum Gasteiger partial charge on any atom is -0.378 e. The molecule has 2 unspecified atom stereocenters. The van der Waals surface area contributed by atoms with E-state index in [2.05, 4.69) is 0 Å². The van der Waals surface area contributed by atoms with Gasteiger partial charge in [-0.25, -0.2) is 8.78 Å². The predicted octanol–water partition coefficient (Wildman–Crippen LogP) is 2.21. The zero-order valence-electron chi connectivity index (χ0n) is 10.5. The molecule has 0 radical (unpaired) electrons. The molecule has 1 aliphatic carbocycles. The van der Waals surface area contributed by atoms with Crippen molar-refractivity contribution < 1.29 is 27.1 Å². The van der Waals surface area contributed by atoms with Gasteiger partial charge in [0.25, 0.3) is 5.91 Å². The lowest BCUT2D eigenvalue weighted by molar-refractivity contribution is -0.176. The molecule has 18 heavy (non-hydrogen) atoms. The number of amides is 1. The SMILES string of the molecule is CCOC1CC(NC(=O)C(F)(F)C(F)F)C1(C)C. The summed E-state index contributed by atoms with van der Waals surface area (Å²) in [6.45, 7) is 5.75. The summed E-state index contributed by atoms with van der Waals surface area (Å²) in [5.74, 6) is -6.57. The van der Waals surface area contributed by atoms with Crippen LogP contribution in [0.3, 0.4) is 0 Å². The monoisotopic (exact) mass is 271 g/mol. The number of carbonyl (C=O) groups excluding carboxylic acids is 1. The lowest BCUT2D eigenvalue weighted by atomic mass is 9.64. The Bertz CT molecular complexity index is 320. The molecule has 0 aliphatic heterocycles. The number of nitrogens with one attached hydrogen (secondary N) is 1. The quantitative estimate of drug-likeness (QED) is 0.778. The van der Waals surface area contributed by atoms with Gasteiger partial charge in [-0.15, -0.1) is 0 Å². The highest BCUT2D eigenvalue weighted by atomic mass is 19.3. The van der Waals surface area contributed by atoms with E-state index in [1.54, 1.807) is 20.8 Å². The van der Waals surface area contributed by atoms with Gasteiger partial charge in [0.05, 0.1) is 6.10 Å². The standard InChI is InChI=1S/C11H17F4NO2/c1-4-18-7-5-6(10(7,2)3)16-9(17)11(14,15)8(12)13/h6-8H,4-5H2,1-3H3,(H,16,17). The zero-order chi connectivity index (χ0) is 14.1. The molecule has 1 rings (SSSR count). The van der Waals surface area contributed by atoms with Crippen LogP contribution in [-0.2, 0) is 9.53 Å². The van der Waals surface area contributed by atoms with Crippen LogP contribution in [0.2, 0.25) is 0 Å². The van der Waals surface area contributed by atoms with Crippen molar-refractivity contribution in [2.45, 2.75) is 51.7 Å². The topological polar surface area (TPSA) is 38.3 Å². The molecule has 1 fully saturated rings. The normalized spacial score (nSPS) is 26.9. The molecule has 1 aliphatic rings. The number of carbonyl (C=O) groups is 1. The van der Waals surface area contributed by atoms with E-state index in [9.17, 15) is 22.4 Å². The second-order valence-electron chi connectivity index (χ2n) is 4.95. The molecule has 1 amide bonds. The minimum atomic E-state index is -4.65. The van der Waals surface area contributed by atoms with Crippen molar-refractivity contribution in [1.29, 1.82) is 0 Å². The Kier molecular flexibility index (Phi) is 4.25. The highest BCUT2D eigenvalue weighted by molar-refractivity contribution is 5.84. The Hall–Kier alpha value is -0.850. The summed E-state index contributed by atoms with van der Waals surface area (Å²) in [7, 11) is 0. The van der Waals surface area contributed by atoms with Crippen molar-refractivity contribution in [1.82, 2.24) is 5.32 Å². The van der Waals surface area contributed by atoms with Crippen LogP contribution >= 0.6 is 0 Å². The maximum Gasteiger partial charge on any atom is 0.383 e. The Morgan fingerprint density at radius 2 is 2.06 bits per heavy atom. The Balaban J connectivity index is 2.59. The molecule has 0 aromatic carbocycles. The maximum absolute atomic E-state index is 12.8. The van der Waals surface area contributed by atoms with Gasteiger partial charge in [0.1, 0.15) is 0 Å². The average molecular weight is 271 g/mol. The maximum atomic E-state index is 12.8. The molecule has 106 valence electrons. The Morgan fingerprint density at radius 1 is 1.50 bits per heavy atom. The molecule has 2 atom stereocenters. The lowest BCUT2D eigenvalue weighted by Gasteiger charge is -2.51. The number of rotatable bonds is 5. The number of hydrogen-bond donors (Lipinski definition) is 1. The average Bonchev–Trinajstić information content (AvgIpc) is 2.27. The van der Waals surface area contributed by atoms with Gasteiger partial charge in [0, 0.05) is 18.1 Å². The van der Waals surface area contributed by atoms with Crippen LogP contribution in [0.4, 0.5) is 17.6 Å². The van der Waals surface area contributed by atoms with Crippen molar-refractivity contribution in [3.05, 3.63) is 0 Å². The fraction of sp³-hybridized carbons (Fsp3) is 0.909. The summed E-state index contributed by atoms with van der Waals surface area (Å²) in [6.07, 6.45) is -3.80. The van der Waals surface area contributed by atoms with Crippen LogP contribution in [0.5, 0.6) is 0 Å². The zero-order valence-corrected chi connectivity index (χ0v) is 10.5. The van der Waals surface area contributed by atoms with Crippen LogP contribution in [0.1, 0.15) is 27.2 Å². The summed E-state index contributed by atoms with van der Waals surface area (Å²) >= 11 is 0. The van der Waals surface area contributed by atoms with E-state index in [0.29, 0.717) is 13.0 Å². The Morgan fingerprint density at radius 3 is 2.44 bits per heavy atom. The fourth-order valence-corrected chi connectivity index (χ4v) is 1.97. The van der Waals surface area contributed by atoms with E-state index in [1.165, 1.54) is 0 Å². The first kappa shape index (κ1) is 15.2. The first-order valence-electron chi connectivity index (χ1n) is 5.72. The molecule has 1 N–H and O–H groups in total. The summed E-state index contributed by atoms with van der Waals surface area (Å²) < 4.78 is 54.9. The third-order valence-corrected chi connectivity index (χ3v) is 3.43. The highest BCUT2D eigenvalue weighted by Gasteiger charge is 2.54. The van der Waals surface area contributed by atoms with Crippen molar-refractivity contribution in [2.75, 3.05) is 6.61 Å². The van der Waals surface area contributed by atoms with Crippen molar-refractivity contribution in [3.63, 3.8) is 0 Å². The molecule has 0 aromatic rings. The number of hydrogen-bond acceptors (Lipinski definition) is 2. The Labute approximate surface area is 103 Å². The smallest absolute Gasteiger partial charge is 0.378 e. The number of alkyl halides is 4. The molecule has 0 bridgehead atoms. The number of halogens is 4. The van der Waals surface area contributed by atoms with Crippen molar-refractivity contribution >= 4 is 5.91 Å². The van der Waals surface area contributed by atoms with Gasteiger partial charge in [-0.1, -0.05) is 13.8 Å². The van der Waals surface area contributed by atoms with Gasteiger partial charge in [0.15, 0.2) is 0 Å².